The van der Waals surface area contributed by atoms with Gasteiger partial charge < -0.3 is 15.0 Å². The zero-order valence-corrected chi connectivity index (χ0v) is 13.3. The van der Waals surface area contributed by atoms with Crippen molar-refractivity contribution in [2.75, 3.05) is 32.7 Å². The molecule has 0 bridgehead atoms. The Morgan fingerprint density at radius 2 is 1.86 bits per heavy atom. The highest BCUT2D eigenvalue weighted by atomic mass is 16.6. The van der Waals surface area contributed by atoms with Crippen LogP contribution in [0, 0.1) is 12.3 Å². The molecule has 1 N–H and O–H groups in total. The molecule has 0 aromatic carbocycles. The lowest BCUT2D eigenvalue weighted by molar-refractivity contribution is -0.126. The van der Waals surface area contributed by atoms with Crippen LogP contribution in [0.5, 0.6) is 0 Å². The van der Waals surface area contributed by atoms with Gasteiger partial charge in [-0.3, -0.25) is 9.69 Å². The largest absolute Gasteiger partial charge is 0.444 e. The number of terminal acetylenes is 1. The van der Waals surface area contributed by atoms with Crippen molar-refractivity contribution < 1.29 is 14.3 Å². The first-order chi connectivity index (χ1) is 9.74. The van der Waals surface area contributed by atoms with E-state index in [0.717, 1.165) is 0 Å². The van der Waals surface area contributed by atoms with Crippen LogP contribution in [0.25, 0.3) is 0 Å². The van der Waals surface area contributed by atoms with Crippen LogP contribution >= 0.6 is 0 Å². The molecule has 1 atom stereocenters. The maximum absolute atomic E-state index is 11.9. The fourth-order valence-electron chi connectivity index (χ4n) is 2.07. The summed E-state index contributed by atoms with van der Waals surface area (Å²) in [5, 5.41) is 2.67. The Kier molecular flexibility index (Phi) is 6.03. The maximum Gasteiger partial charge on any atom is 0.410 e. The van der Waals surface area contributed by atoms with Gasteiger partial charge in [0.1, 0.15) is 5.60 Å². The van der Waals surface area contributed by atoms with Gasteiger partial charge in [-0.25, -0.2) is 4.79 Å². The van der Waals surface area contributed by atoms with Gasteiger partial charge in [0.25, 0.3) is 0 Å². The first-order valence-electron chi connectivity index (χ1n) is 7.18. The van der Waals surface area contributed by atoms with Crippen molar-refractivity contribution in [3.05, 3.63) is 0 Å². The number of hydrogen-bond donors (Lipinski definition) is 1. The third-order valence-electron chi connectivity index (χ3n) is 3.26. The van der Waals surface area contributed by atoms with E-state index in [0.29, 0.717) is 26.2 Å². The van der Waals surface area contributed by atoms with Gasteiger partial charge in [0.05, 0.1) is 12.6 Å². The lowest BCUT2D eigenvalue weighted by Gasteiger charge is -2.37. The Labute approximate surface area is 126 Å². The van der Waals surface area contributed by atoms with Crippen LogP contribution in [0.1, 0.15) is 27.7 Å². The van der Waals surface area contributed by atoms with Crippen molar-refractivity contribution in [1.82, 2.24) is 15.1 Å². The molecular formula is C15H25N3O3. The normalized spacial score (nSPS) is 17.8. The van der Waals surface area contributed by atoms with Crippen molar-refractivity contribution in [3.63, 3.8) is 0 Å². The molecule has 0 spiro atoms. The van der Waals surface area contributed by atoms with Crippen molar-refractivity contribution in [1.29, 1.82) is 0 Å². The van der Waals surface area contributed by atoms with Crippen LogP contribution in [0.4, 0.5) is 4.79 Å². The molecular weight excluding hydrogens is 270 g/mol. The van der Waals surface area contributed by atoms with Crippen LogP contribution in [0.3, 0.4) is 0 Å². The first-order valence-corrected chi connectivity index (χ1v) is 7.18. The van der Waals surface area contributed by atoms with Gasteiger partial charge in [0, 0.05) is 26.2 Å². The molecule has 1 saturated heterocycles. The second-order valence-corrected chi connectivity index (χ2v) is 6.10. The minimum Gasteiger partial charge on any atom is -0.444 e. The van der Waals surface area contributed by atoms with E-state index >= 15 is 0 Å². The molecule has 0 aromatic rings. The second kappa shape index (κ2) is 7.32. The number of nitrogens with zero attached hydrogens (tertiary/aromatic N) is 2. The standard InChI is InChI=1S/C15H25N3O3/c1-6-7-16-13(19)12(2)17-8-10-18(11-9-17)14(20)21-15(3,4)5/h1,12H,7-11H2,2-5H3,(H,16,19)/t12-/m0/s1. The third kappa shape index (κ3) is 5.64. The second-order valence-electron chi connectivity index (χ2n) is 6.10. The fourth-order valence-corrected chi connectivity index (χ4v) is 2.07. The average molecular weight is 295 g/mol. The topological polar surface area (TPSA) is 61.9 Å². The summed E-state index contributed by atoms with van der Waals surface area (Å²) in [6.07, 6.45) is 4.82. The molecule has 6 heteroatoms. The Hall–Kier alpha value is -1.74. The highest BCUT2D eigenvalue weighted by Crippen LogP contribution is 2.13. The SMILES string of the molecule is C#CCNC(=O)[C@H](C)N1CCN(C(=O)OC(C)(C)C)CC1. The highest BCUT2D eigenvalue weighted by molar-refractivity contribution is 5.81. The Morgan fingerprint density at radius 1 is 1.29 bits per heavy atom. The van der Waals surface area contributed by atoms with E-state index in [1.165, 1.54) is 0 Å². The zero-order chi connectivity index (χ0) is 16.0. The number of rotatable bonds is 3. The molecule has 2 amide bonds. The minimum absolute atomic E-state index is 0.0846. The Balaban J connectivity index is 2.43. The molecule has 1 aliphatic heterocycles. The van der Waals surface area contributed by atoms with Gasteiger partial charge in [-0.1, -0.05) is 5.92 Å². The predicted molar refractivity (Wildman–Crippen MR) is 80.7 cm³/mol. The van der Waals surface area contributed by atoms with E-state index in [-0.39, 0.29) is 24.6 Å². The molecule has 21 heavy (non-hydrogen) atoms. The summed E-state index contributed by atoms with van der Waals surface area (Å²) in [5.74, 6) is 2.30. The maximum atomic E-state index is 11.9. The number of ether oxygens (including phenoxy) is 1. The summed E-state index contributed by atoms with van der Waals surface area (Å²) < 4.78 is 5.34. The van der Waals surface area contributed by atoms with Gasteiger partial charge in [0.2, 0.25) is 5.91 Å². The molecule has 1 aliphatic rings. The van der Waals surface area contributed by atoms with Crippen molar-refractivity contribution >= 4 is 12.0 Å². The quantitative estimate of drug-likeness (QED) is 0.778. The van der Waals surface area contributed by atoms with Crippen LogP contribution in [-0.2, 0) is 9.53 Å². The fraction of sp³-hybridized carbons (Fsp3) is 0.733. The third-order valence-corrected chi connectivity index (χ3v) is 3.26. The molecule has 0 aliphatic carbocycles. The van der Waals surface area contributed by atoms with E-state index in [1.807, 2.05) is 32.6 Å². The molecule has 0 radical (unpaired) electrons. The van der Waals surface area contributed by atoms with Gasteiger partial charge in [0.15, 0.2) is 0 Å². The van der Waals surface area contributed by atoms with Crippen LogP contribution < -0.4 is 5.32 Å². The smallest absolute Gasteiger partial charge is 0.410 e. The average Bonchev–Trinajstić information content (AvgIpc) is 2.42. The first kappa shape index (κ1) is 17.3. The lowest BCUT2D eigenvalue weighted by atomic mass is 10.2. The molecule has 6 nitrogen and oxygen atoms in total. The summed E-state index contributed by atoms with van der Waals surface area (Å²) in [4.78, 5) is 27.5. The number of carbonyl (C=O) groups excluding carboxylic acids is 2. The molecule has 0 saturated carbocycles. The van der Waals surface area contributed by atoms with Crippen LogP contribution in [-0.4, -0.2) is 66.2 Å². The molecule has 0 aromatic heterocycles. The van der Waals surface area contributed by atoms with E-state index in [9.17, 15) is 9.59 Å². The van der Waals surface area contributed by atoms with Crippen molar-refractivity contribution in [2.45, 2.75) is 39.3 Å². The van der Waals surface area contributed by atoms with E-state index in [2.05, 4.69) is 11.2 Å². The summed E-state index contributed by atoms with van der Waals surface area (Å²) in [6.45, 7) is 10.0. The van der Waals surface area contributed by atoms with Gasteiger partial charge >= 0.3 is 6.09 Å². The monoisotopic (exact) mass is 295 g/mol. The summed E-state index contributed by atoms with van der Waals surface area (Å²) >= 11 is 0. The van der Waals surface area contributed by atoms with E-state index in [1.54, 1.807) is 4.90 Å². The van der Waals surface area contributed by atoms with Gasteiger partial charge in [-0.15, -0.1) is 6.42 Å². The number of carbonyl (C=O) groups is 2. The van der Waals surface area contributed by atoms with E-state index in [4.69, 9.17) is 11.2 Å². The van der Waals surface area contributed by atoms with Crippen LogP contribution in [0.15, 0.2) is 0 Å². The zero-order valence-electron chi connectivity index (χ0n) is 13.3. The number of amides is 2. The Bertz CT molecular complexity index is 415. The van der Waals surface area contributed by atoms with Crippen molar-refractivity contribution in [3.8, 4) is 12.3 Å². The van der Waals surface area contributed by atoms with Crippen LogP contribution in [0.2, 0.25) is 0 Å². The molecule has 1 fully saturated rings. The summed E-state index contributed by atoms with van der Waals surface area (Å²) in [6, 6.07) is -0.251. The highest BCUT2D eigenvalue weighted by Gasteiger charge is 2.29. The molecule has 0 unspecified atom stereocenters. The van der Waals surface area contributed by atoms with Gasteiger partial charge in [-0.2, -0.15) is 0 Å². The summed E-state index contributed by atoms with van der Waals surface area (Å²) in [5.41, 5.74) is -0.489. The molecule has 1 rings (SSSR count). The van der Waals surface area contributed by atoms with Gasteiger partial charge in [-0.05, 0) is 27.7 Å². The number of hydrogen-bond acceptors (Lipinski definition) is 4. The number of nitrogens with one attached hydrogen (secondary N) is 1. The molecule has 1 heterocycles. The minimum atomic E-state index is -0.489. The molecule has 118 valence electrons. The summed E-state index contributed by atoms with van der Waals surface area (Å²) in [7, 11) is 0. The lowest BCUT2D eigenvalue weighted by Crippen LogP contribution is -2.55. The van der Waals surface area contributed by atoms with Crippen molar-refractivity contribution in [2.24, 2.45) is 0 Å². The Morgan fingerprint density at radius 3 is 2.33 bits per heavy atom. The predicted octanol–water partition coefficient (Wildman–Crippen LogP) is 0.677. The van der Waals surface area contributed by atoms with E-state index < -0.39 is 5.60 Å². The number of piperazine rings is 1.